The van der Waals surface area contributed by atoms with Crippen molar-refractivity contribution in [1.82, 2.24) is 9.97 Å². The van der Waals surface area contributed by atoms with E-state index in [0.717, 1.165) is 31.9 Å². The summed E-state index contributed by atoms with van der Waals surface area (Å²) in [5.74, 6) is 1.29. The lowest BCUT2D eigenvalue weighted by Crippen LogP contribution is -1.91. The van der Waals surface area contributed by atoms with E-state index in [1.807, 2.05) is 54.7 Å². The number of aromatic nitrogens is 2. The van der Waals surface area contributed by atoms with Crippen molar-refractivity contribution in [2.75, 3.05) is 0 Å². The number of hydrogen-bond donors (Lipinski definition) is 0. The lowest BCUT2D eigenvalue weighted by atomic mass is 10.1. The molecule has 4 rings (SSSR count). The zero-order valence-corrected chi connectivity index (χ0v) is 13.1. The molecule has 2 aromatic heterocycles. The van der Waals surface area contributed by atoms with Gasteiger partial charge in [-0.2, -0.15) is 0 Å². The van der Waals surface area contributed by atoms with Crippen LogP contribution in [-0.4, -0.2) is 9.97 Å². The molecule has 106 valence electrons. The molecule has 0 radical (unpaired) electrons. The molecule has 0 saturated heterocycles. The number of nitrogens with zero attached hydrogens (tertiary/aromatic N) is 2. The van der Waals surface area contributed by atoms with E-state index in [0.29, 0.717) is 5.88 Å². The average molecular weight is 351 g/mol. The van der Waals surface area contributed by atoms with E-state index in [9.17, 15) is 0 Å². The van der Waals surface area contributed by atoms with E-state index in [-0.39, 0.29) is 0 Å². The quantitative estimate of drug-likeness (QED) is 0.458. The van der Waals surface area contributed by atoms with Crippen molar-refractivity contribution < 1.29 is 4.74 Å². The third-order valence-electron chi connectivity index (χ3n) is 3.52. The maximum Gasteiger partial charge on any atom is 0.228 e. The van der Waals surface area contributed by atoms with Gasteiger partial charge in [0.15, 0.2) is 0 Å². The molecule has 0 atom stereocenters. The molecule has 4 heteroatoms. The average Bonchev–Trinajstić information content (AvgIpc) is 2.57. The molecule has 3 nitrogen and oxygen atoms in total. The van der Waals surface area contributed by atoms with Crippen LogP contribution in [-0.2, 0) is 0 Å². The lowest BCUT2D eigenvalue weighted by Gasteiger charge is -2.10. The van der Waals surface area contributed by atoms with Gasteiger partial charge in [0.1, 0.15) is 5.75 Å². The normalized spacial score (nSPS) is 11.0. The van der Waals surface area contributed by atoms with Gasteiger partial charge in [-0.3, -0.25) is 4.98 Å². The molecule has 0 fully saturated rings. The molecule has 0 saturated carbocycles. The number of rotatable bonds is 2. The first-order valence-electron chi connectivity index (χ1n) is 6.88. The number of pyridine rings is 2. The third kappa shape index (κ3) is 2.22. The number of para-hydroxylation sites is 2. The minimum Gasteiger partial charge on any atom is -0.437 e. The maximum absolute atomic E-state index is 5.97. The van der Waals surface area contributed by atoms with Crippen LogP contribution in [0.2, 0.25) is 0 Å². The summed E-state index contributed by atoms with van der Waals surface area (Å²) < 4.78 is 6.86. The summed E-state index contributed by atoms with van der Waals surface area (Å²) in [5.41, 5.74) is 0.966. The molecular weight excluding hydrogens is 340 g/mol. The van der Waals surface area contributed by atoms with E-state index in [1.54, 1.807) is 6.20 Å². The molecule has 0 N–H and O–H groups in total. The minimum atomic E-state index is 0.558. The van der Waals surface area contributed by atoms with Crippen LogP contribution in [0.1, 0.15) is 0 Å². The van der Waals surface area contributed by atoms with Crippen molar-refractivity contribution in [1.29, 1.82) is 0 Å². The maximum atomic E-state index is 5.97. The Hall–Kier alpha value is -2.46. The second-order valence-corrected chi connectivity index (χ2v) is 5.74. The Morgan fingerprint density at radius 2 is 1.59 bits per heavy atom. The number of halogens is 1. The van der Waals surface area contributed by atoms with Gasteiger partial charge < -0.3 is 4.74 Å². The fraction of sp³-hybridized carbons (Fsp3) is 0. The molecule has 2 heterocycles. The monoisotopic (exact) mass is 350 g/mol. The SMILES string of the molecule is Brc1ccccc1Oc1nccc2c1cnc1ccccc12. The molecule has 0 aliphatic heterocycles. The Morgan fingerprint density at radius 1 is 0.773 bits per heavy atom. The first kappa shape index (κ1) is 13.2. The van der Waals surface area contributed by atoms with Crippen LogP contribution in [0, 0.1) is 0 Å². The summed E-state index contributed by atoms with van der Waals surface area (Å²) in [5, 5.41) is 3.08. The van der Waals surface area contributed by atoms with Gasteiger partial charge in [-0.1, -0.05) is 30.3 Å². The Bertz CT molecular complexity index is 985. The molecule has 0 bridgehead atoms. The molecule has 0 amide bonds. The van der Waals surface area contributed by atoms with Crippen LogP contribution >= 0.6 is 15.9 Å². The van der Waals surface area contributed by atoms with Gasteiger partial charge in [0.05, 0.1) is 15.4 Å². The highest BCUT2D eigenvalue weighted by atomic mass is 79.9. The molecule has 22 heavy (non-hydrogen) atoms. The van der Waals surface area contributed by atoms with Gasteiger partial charge in [-0.15, -0.1) is 0 Å². The van der Waals surface area contributed by atoms with Crippen molar-refractivity contribution in [3.05, 3.63) is 71.5 Å². The second kappa shape index (κ2) is 5.39. The number of hydrogen-bond acceptors (Lipinski definition) is 3. The highest BCUT2D eigenvalue weighted by molar-refractivity contribution is 9.10. The van der Waals surface area contributed by atoms with E-state index < -0.39 is 0 Å². The van der Waals surface area contributed by atoms with Crippen LogP contribution in [0.15, 0.2) is 71.5 Å². The van der Waals surface area contributed by atoms with E-state index >= 15 is 0 Å². The number of benzene rings is 2. The van der Waals surface area contributed by atoms with Gasteiger partial charge in [0, 0.05) is 17.8 Å². The smallest absolute Gasteiger partial charge is 0.228 e. The van der Waals surface area contributed by atoms with Crippen molar-refractivity contribution in [2.45, 2.75) is 0 Å². The summed E-state index contributed by atoms with van der Waals surface area (Å²) in [6.07, 6.45) is 3.58. The van der Waals surface area contributed by atoms with Crippen molar-refractivity contribution in [3.8, 4) is 11.6 Å². The highest BCUT2D eigenvalue weighted by Gasteiger charge is 2.10. The summed E-state index contributed by atoms with van der Waals surface area (Å²) in [7, 11) is 0. The Balaban J connectivity index is 1.92. The molecule has 0 unspecified atom stereocenters. The van der Waals surface area contributed by atoms with Gasteiger partial charge >= 0.3 is 0 Å². The van der Waals surface area contributed by atoms with Crippen LogP contribution in [0.5, 0.6) is 11.6 Å². The summed E-state index contributed by atoms with van der Waals surface area (Å²) in [6, 6.07) is 17.8. The molecule has 0 aliphatic rings. The molecule has 0 spiro atoms. The van der Waals surface area contributed by atoms with Crippen molar-refractivity contribution in [3.63, 3.8) is 0 Å². The fourth-order valence-electron chi connectivity index (χ4n) is 2.47. The largest absolute Gasteiger partial charge is 0.437 e. The first-order valence-corrected chi connectivity index (χ1v) is 7.67. The minimum absolute atomic E-state index is 0.558. The van der Waals surface area contributed by atoms with Crippen LogP contribution in [0.3, 0.4) is 0 Å². The predicted molar refractivity (Wildman–Crippen MR) is 91.3 cm³/mol. The number of fused-ring (bicyclic) bond motifs is 3. The Morgan fingerprint density at radius 3 is 2.50 bits per heavy atom. The van der Waals surface area contributed by atoms with Crippen LogP contribution < -0.4 is 4.74 Å². The van der Waals surface area contributed by atoms with Gasteiger partial charge in [0.25, 0.3) is 0 Å². The van der Waals surface area contributed by atoms with Crippen molar-refractivity contribution in [2.24, 2.45) is 0 Å². The van der Waals surface area contributed by atoms with E-state index in [1.165, 1.54) is 0 Å². The molecule has 4 aromatic rings. The molecular formula is C18H11BrN2O. The van der Waals surface area contributed by atoms with E-state index in [2.05, 4.69) is 32.0 Å². The van der Waals surface area contributed by atoms with Crippen molar-refractivity contribution >= 4 is 37.6 Å². The zero-order valence-electron chi connectivity index (χ0n) is 11.5. The molecule has 2 aromatic carbocycles. The fourth-order valence-corrected chi connectivity index (χ4v) is 2.84. The van der Waals surface area contributed by atoms with Gasteiger partial charge in [0.2, 0.25) is 5.88 Å². The summed E-state index contributed by atoms with van der Waals surface area (Å²) in [4.78, 5) is 8.87. The Labute approximate surface area is 135 Å². The van der Waals surface area contributed by atoms with Crippen LogP contribution in [0.4, 0.5) is 0 Å². The van der Waals surface area contributed by atoms with Gasteiger partial charge in [-0.25, -0.2) is 4.98 Å². The topological polar surface area (TPSA) is 35.0 Å². The molecule has 0 aliphatic carbocycles. The lowest BCUT2D eigenvalue weighted by molar-refractivity contribution is 0.466. The standard InChI is InChI=1S/C18H11BrN2O/c19-15-6-2-4-8-17(15)22-18-14-11-21-16-7-3-1-5-13(16)12(14)9-10-20-18/h1-11H. The Kier molecular flexibility index (Phi) is 3.24. The predicted octanol–water partition coefficient (Wildman–Crippen LogP) is 5.34. The second-order valence-electron chi connectivity index (χ2n) is 4.89. The first-order chi connectivity index (χ1) is 10.8. The summed E-state index contributed by atoms with van der Waals surface area (Å²) in [6.45, 7) is 0. The van der Waals surface area contributed by atoms with E-state index in [4.69, 9.17) is 4.74 Å². The third-order valence-corrected chi connectivity index (χ3v) is 4.18. The highest BCUT2D eigenvalue weighted by Crippen LogP contribution is 2.33. The summed E-state index contributed by atoms with van der Waals surface area (Å²) >= 11 is 3.49. The van der Waals surface area contributed by atoms with Gasteiger partial charge in [-0.05, 0) is 45.6 Å². The van der Waals surface area contributed by atoms with Crippen LogP contribution in [0.25, 0.3) is 21.7 Å². The number of ether oxygens (including phenoxy) is 1. The zero-order chi connectivity index (χ0) is 14.9.